The van der Waals surface area contributed by atoms with Crippen molar-refractivity contribution in [2.24, 2.45) is 0 Å². The molecule has 0 radical (unpaired) electrons. The molecule has 0 amide bonds. The van der Waals surface area contributed by atoms with E-state index in [1.54, 1.807) is 18.2 Å². The fraction of sp³-hybridized carbons (Fsp3) is 0.222. The van der Waals surface area contributed by atoms with Crippen LogP contribution < -0.4 is 10.2 Å². The molecule has 2 heterocycles. The molecule has 0 saturated carbocycles. The molecule has 0 atom stereocenters. The first kappa shape index (κ1) is 22.7. The monoisotopic (exact) mass is 448 g/mol. The number of nitriles is 1. The van der Waals surface area contributed by atoms with Crippen molar-refractivity contribution in [1.82, 2.24) is 9.97 Å². The molecule has 34 heavy (non-hydrogen) atoms. The molecule has 0 spiro atoms. The second-order valence-corrected chi connectivity index (χ2v) is 8.09. The smallest absolute Gasteiger partial charge is 0.230 e. The Hall–Kier alpha value is -4.49. The molecule has 4 rings (SSSR count). The van der Waals surface area contributed by atoms with Crippen molar-refractivity contribution in [3.8, 4) is 17.3 Å². The van der Waals surface area contributed by atoms with Gasteiger partial charge in [-0.3, -0.25) is 4.79 Å². The van der Waals surface area contributed by atoms with Gasteiger partial charge in [0.1, 0.15) is 0 Å². The van der Waals surface area contributed by atoms with Crippen LogP contribution in [0.15, 0.2) is 61.3 Å². The van der Waals surface area contributed by atoms with Gasteiger partial charge in [0, 0.05) is 37.1 Å². The number of hydrogen-bond acceptors (Lipinski definition) is 6. The molecule has 0 unspecified atom stereocenters. The number of carbonyl (C=O) groups is 1. The number of anilines is 3. The predicted molar refractivity (Wildman–Crippen MR) is 133 cm³/mol. The van der Waals surface area contributed by atoms with Gasteiger partial charge in [0.15, 0.2) is 5.78 Å². The van der Waals surface area contributed by atoms with Crippen molar-refractivity contribution in [1.29, 1.82) is 5.26 Å². The zero-order chi connectivity index (χ0) is 23.9. The van der Waals surface area contributed by atoms with E-state index in [1.165, 1.54) is 31.5 Å². The molecule has 7 heteroatoms. The number of aromatic nitrogens is 2. The number of piperidine rings is 1. The van der Waals surface area contributed by atoms with E-state index in [4.69, 9.17) is 6.57 Å². The summed E-state index contributed by atoms with van der Waals surface area (Å²) < 4.78 is 0. The summed E-state index contributed by atoms with van der Waals surface area (Å²) >= 11 is 0. The predicted octanol–water partition coefficient (Wildman–Crippen LogP) is 5.60. The molecule has 1 saturated heterocycles. The van der Waals surface area contributed by atoms with Crippen molar-refractivity contribution >= 4 is 28.8 Å². The van der Waals surface area contributed by atoms with E-state index in [9.17, 15) is 10.1 Å². The fourth-order valence-corrected chi connectivity index (χ4v) is 4.05. The third-order valence-corrected chi connectivity index (χ3v) is 5.80. The molecular formula is C27H24N6O. The molecule has 7 nitrogen and oxygen atoms in total. The van der Waals surface area contributed by atoms with Crippen LogP contribution >= 0.6 is 0 Å². The van der Waals surface area contributed by atoms with Gasteiger partial charge >= 0.3 is 0 Å². The van der Waals surface area contributed by atoms with Crippen molar-refractivity contribution in [3.63, 3.8) is 0 Å². The summed E-state index contributed by atoms with van der Waals surface area (Å²) in [5.74, 6) is 0.184. The lowest BCUT2D eigenvalue weighted by Gasteiger charge is -2.29. The standard InChI is InChI=1S/C27H24N6O/c1-3-24(34)15-21-14-19(10-11-20(21)17-28)26-25(29-2)18-30-27(32-26)31-22-8-7-9-23(16-22)33-12-5-4-6-13-33/h3,7-11,14,16,18H,1,4-6,12-13,15H2,(H,30,31,32). The van der Waals surface area contributed by atoms with Crippen LogP contribution in [0.25, 0.3) is 16.1 Å². The van der Waals surface area contributed by atoms with E-state index in [0.29, 0.717) is 34.0 Å². The first-order valence-electron chi connectivity index (χ1n) is 11.2. The fourth-order valence-electron chi connectivity index (χ4n) is 4.05. The molecule has 1 aromatic heterocycles. The van der Waals surface area contributed by atoms with Crippen molar-refractivity contribution in [2.45, 2.75) is 25.7 Å². The molecule has 1 fully saturated rings. The van der Waals surface area contributed by atoms with Crippen LogP contribution in [0.1, 0.15) is 30.4 Å². The molecule has 1 aliphatic heterocycles. The number of allylic oxidation sites excluding steroid dienone is 1. The highest BCUT2D eigenvalue weighted by Crippen LogP contribution is 2.31. The Balaban J connectivity index is 1.65. The number of hydrogen-bond donors (Lipinski definition) is 1. The summed E-state index contributed by atoms with van der Waals surface area (Å²) in [6.07, 6.45) is 6.47. The van der Waals surface area contributed by atoms with E-state index < -0.39 is 0 Å². The van der Waals surface area contributed by atoms with Crippen LogP contribution in [-0.2, 0) is 11.2 Å². The molecule has 1 aliphatic rings. The highest BCUT2D eigenvalue weighted by atomic mass is 16.1. The van der Waals surface area contributed by atoms with Gasteiger partial charge in [0.25, 0.3) is 0 Å². The van der Waals surface area contributed by atoms with Crippen LogP contribution in [-0.4, -0.2) is 28.8 Å². The highest BCUT2D eigenvalue weighted by molar-refractivity contribution is 5.91. The zero-order valence-corrected chi connectivity index (χ0v) is 18.8. The van der Waals surface area contributed by atoms with Crippen LogP contribution in [0.5, 0.6) is 0 Å². The van der Waals surface area contributed by atoms with Gasteiger partial charge in [0.05, 0.1) is 23.9 Å². The summed E-state index contributed by atoms with van der Waals surface area (Å²) in [4.78, 5) is 26.8. The maximum Gasteiger partial charge on any atom is 0.230 e. The highest BCUT2D eigenvalue weighted by Gasteiger charge is 2.15. The Kier molecular flexibility index (Phi) is 6.95. The van der Waals surface area contributed by atoms with Gasteiger partial charge in [-0.15, -0.1) is 0 Å². The Morgan fingerprint density at radius 1 is 1.24 bits per heavy atom. The minimum atomic E-state index is -0.183. The number of nitrogens with one attached hydrogen (secondary N) is 1. The van der Waals surface area contributed by atoms with Crippen LogP contribution in [0.4, 0.5) is 23.0 Å². The average Bonchev–Trinajstić information content (AvgIpc) is 2.89. The first-order valence-corrected chi connectivity index (χ1v) is 11.2. The molecular weight excluding hydrogens is 424 g/mol. The lowest BCUT2D eigenvalue weighted by molar-refractivity contribution is -0.114. The van der Waals surface area contributed by atoms with Crippen molar-refractivity contribution in [2.75, 3.05) is 23.3 Å². The van der Waals surface area contributed by atoms with E-state index >= 15 is 0 Å². The molecule has 168 valence electrons. The average molecular weight is 449 g/mol. The van der Waals surface area contributed by atoms with E-state index in [-0.39, 0.29) is 12.2 Å². The first-order chi connectivity index (χ1) is 16.6. The quantitative estimate of drug-likeness (QED) is 0.374. The number of ketones is 1. The maximum atomic E-state index is 11.9. The van der Waals surface area contributed by atoms with Gasteiger partial charge in [0.2, 0.25) is 11.6 Å². The Labute approximate surface area is 199 Å². The second kappa shape index (κ2) is 10.4. The lowest BCUT2D eigenvalue weighted by atomic mass is 9.98. The van der Waals surface area contributed by atoms with E-state index in [0.717, 1.165) is 24.5 Å². The van der Waals surface area contributed by atoms with E-state index in [1.807, 2.05) is 12.1 Å². The topological polar surface area (TPSA) is 86.3 Å². The second-order valence-electron chi connectivity index (χ2n) is 8.09. The summed E-state index contributed by atoms with van der Waals surface area (Å²) in [6.45, 7) is 13.2. The number of rotatable bonds is 7. The van der Waals surface area contributed by atoms with Gasteiger partial charge in [-0.1, -0.05) is 18.7 Å². The zero-order valence-electron chi connectivity index (χ0n) is 18.8. The molecule has 0 bridgehead atoms. The number of benzene rings is 2. The number of nitrogens with zero attached hydrogens (tertiary/aromatic N) is 5. The Morgan fingerprint density at radius 2 is 2.06 bits per heavy atom. The summed E-state index contributed by atoms with van der Waals surface area (Å²) in [7, 11) is 0. The van der Waals surface area contributed by atoms with Crippen LogP contribution in [0.2, 0.25) is 0 Å². The summed E-state index contributed by atoms with van der Waals surface area (Å²) in [5, 5.41) is 12.7. The van der Waals surface area contributed by atoms with Gasteiger partial charge < -0.3 is 10.2 Å². The van der Waals surface area contributed by atoms with Crippen molar-refractivity contribution in [3.05, 3.63) is 83.9 Å². The van der Waals surface area contributed by atoms with Crippen LogP contribution in [0, 0.1) is 17.9 Å². The Bertz CT molecular complexity index is 1310. The summed E-state index contributed by atoms with van der Waals surface area (Å²) in [6, 6.07) is 15.4. The third kappa shape index (κ3) is 5.11. The molecule has 2 aromatic carbocycles. The molecule has 0 aliphatic carbocycles. The molecule has 1 N–H and O–H groups in total. The SMILES string of the molecule is [C-]#[N+]c1cnc(Nc2cccc(N3CCCCC3)c2)nc1-c1ccc(C#N)c(CC(=O)C=C)c1. The largest absolute Gasteiger partial charge is 0.371 e. The lowest BCUT2D eigenvalue weighted by Crippen LogP contribution is -2.29. The maximum absolute atomic E-state index is 11.9. The normalized spacial score (nSPS) is 12.9. The van der Waals surface area contributed by atoms with Gasteiger partial charge in [-0.25, -0.2) is 14.8 Å². The van der Waals surface area contributed by atoms with Gasteiger partial charge in [-0.2, -0.15) is 5.26 Å². The Morgan fingerprint density at radius 3 is 2.79 bits per heavy atom. The van der Waals surface area contributed by atoms with Crippen molar-refractivity contribution < 1.29 is 4.79 Å². The van der Waals surface area contributed by atoms with Gasteiger partial charge in [-0.05, 0) is 66.8 Å². The minimum Gasteiger partial charge on any atom is -0.371 e. The van der Waals surface area contributed by atoms with E-state index in [2.05, 4.69) is 49.8 Å². The van der Waals surface area contributed by atoms with Crippen LogP contribution in [0.3, 0.4) is 0 Å². The molecule has 3 aromatic rings. The third-order valence-electron chi connectivity index (χ3n) is 5.80. The summed E-state index contributed by atoms with van der Waals surface area (Å²) in [5.41, 5.74) is 4.38. The number of carbonyl (C=O) groups excluding carboxylic acids is 1. The minimum absolute atomic E-state index is 0.0626.